The summed E-state index contributed by atoms with van der Waals surface area (Å²) in [5.41, 5.74) is 5.25. The molecule has 0 heterocycles. The first kappa shape index (κ1) is 24.8. The Hall–Kier alpha value is -3.43. The average molecular weight is 447 g/mol. The van der Waals surface area contributed by atoms with Crippen molar-refractivity contribution in [3.63, 3.8) is 0 Å². The van der Waals surface area contributed by atoms with E-state index < -0.39 is 29.3 Å². The molecule has 0 radical (unpaired) electrons. The molecule has 5 N–H and O–H groups in total. The predicted molar refractivity (Wildman–Crippen MR) is 116 cm³/mol. The van der Waals surface area contributed by atoms with Crippen molar-refractivity contribution in [1.29, 1.82) is 0 Å². The Balaban J connectivity index is 2.04. The van der Waals surface area contributed by atoms with Crippen molar-refractivity contribution in [3.05, 3.63) is 29.8 Å². The number of rotatable bonds is 11. The lowest BCUT2D eigenvalue weighted by Crippen LogP contribution is -2.55. The molecular weight excluding hydrogens is 416 g/mol. The summed E-state index contributed by atoms with van der Waals surface area (Å²) in [5.74, 6) is -1.49. The fraction of sp³-hybridized carbons (Fsp3) is 0.500. The van der Waals surface area contributed by atoms with Gasteiger partial charge in [0.2, 0.25) is 11.8 Å². The van der Waals surface area contributed by atoms with Gasteiger partial charge in [-0.25, -0.2) is 4.79 Å². The molecule has 10 nitrogen and oxygen atoms in total. The Kier molecular flexibility index (Phi) is 8.74. The number of primary amides is 1. The summed E-state index contributed by atoms with van der Waals surface area (Å²) in [5, 5.41) is 7.91. The number of carbonyl (C=O) groups is 5. The number of esters is 1. The lowest BCUT2D eigenvalue weighted by atomic mass is 9.65. The van der Waals surface area contributed by atoms with Crippen LogP contribution in [0.5, 0.6) is 0 Å². The largest absolute Gasteiger partial charge is 0.461 e. The van der Waals surface area contributed by atoms with Crippen LogP contribution in [0.25, 0.3) is 0 Å². The number of hydrogen-bond donors (Lipinski definition) is 4. The molecule has 10 heteroatoms. The van der Waals surface area contributed by atoms with E-state index in [9.17, 15) is 24.0 Å². The Morgan fingerprint density at radius 1 is 1.09 bits per heavy atom. The molecule has 174 valence electrons. The van der Waals surface area contributed by atoms with Gasteiger partial charge in [-0.2, -0.15) is 0 Å². The highest BCUT2D eigenvalue weighted by Gasteiger charge is 2.49. The molecule has 0 unspecified atom stereocenters. The van der Waals surface area contributed by atoms with Crippen LogP contribution >= 0.6 is 0 Å². The third kappa shape index (κ3) is 6.79. The zero-order chi connectivity index (χ0) is 23.7. The summed E-state index contributed by atoms with van der Waals surface area (Å²) in [7, 11) is 0. The minimum atomic E-state index is -1.07. The van der Waals surface area contributed by atoms with Gasteiger partial charge >= 0.3 is 12.0 Å². The summed E-state index contributed by atoms with van der Waals surface area (Å²) in [4.78, 5) is 59.5. The summed E-state index contributed by atoms with van der Waals surface area (Å²) in [6, 6.07) is 5.17. The van der Waals surface area contributed by atoms with Gasteiger partial charge in [-0.1, -0.05) is 18.6 Å². The molecule has 1 aliphatic rings. The maximum atomic E-state index is 12.9. The first-order valence-electron chi connectivity index (χ1n) is 10.5. The second kappa shape index (κ2) is 11.3. The minimum Gasteiger partial charge on any atom is -0.461 e. The fourth-order valence-electron chi connectivity index (χ4n) is 3.45. The zero-order valence-electron chi connectivity index (χ0n) is 18.4. The molecule has 1 aromatic rings. The van der Waals surface area contributed by atoms with Crippen molar-refractivity contribution < 1.29 is 28.7 Å². The van der Waals surface area contributed by atoms with E-state index in [-0.39, 0.29) is 31.3 Å². The predicted octanol–water partition coefficient (Wildman–Crippen LogP) is 1.38. The van der Waals surface area contributed by atoms with Crippen molar-refractivity contribution in [2.45, 2.75) is 58.6 Å². The third-order valence-corrected chi connectivity index (χ3v) is 5.57. The summed E-state index contributed by atoms with van der Waals surface area (Å²) in [6.07, 6.45) is 2.36. The first-order valence-corrected chi connectivity index (χ1v) is 10.5. The number of Topliss-reactive ketones (excluding diaryl/α,β-unsaturated/α-hetero) is 1. The molecule has 1 saturated carbocycles. The molecule has 0 saturated heterocycles. The van der Waals surface area contributed by atoms with Gasteiger partial charge in [-0.15, -0.1) is 0 Å². The van der Waals surface area contributed by atoms with Crippen LogP contribution in [0.1, 0.15) is 51.5 Å². The number of ether oxygens (including phenoxy) is 1. The lowest BCUT2D eigenvalue weighted by Gasteiger charge is -2.38. The van der Waals surface area contributed by atoms with E-state index in [0.717, 1.165) is 12.0 Å². The maximum Gasteiger partial charge on any atom is 0.312 e. The van der Waals surface area contributed by atoms with E-state index in [0.29, 0.717) is 24.9 Å². The van der Waals surface area contributed by atoms with Crippen LogP contribution in [-0.2, 0) is 30.5 Å². The summed E-state index contributed by atoms with van der Waals surface area (Å²) < 4.78 is 4.93. The summed E-state index contributed by atoms with van der Waals surface area (Å²) >= 11 is 0. The second-order valence-electron chi connectivity index (χ2n) is 7.92. The standard InChI is InChI=1S/C22H30N4O6/c1-14(27)22(10-4-11-22)20(30)26-18(5-3-12-24-21(23)31)19(29)25-17-8-6-16(7-9-17)13-32-15(2)28/h6-9,18H,3-5,10-13H2,1-2H3,(H,25,29)(H,26,30)(H3,23,24,31)/t18-/m0/s1. The molecule has 0 spiro atoms. The van der Waals surface area contributed by atoms with Gasteiger partial charge in [0.1, 0.15) is 23.8 Å². The van der Waals surface area contributed by atoms with Crippen molar-refractivity contribution in [1.82, 2.24) is 10.6 Å². The summed E-state index contributed by atoms with van der Waals surface area (Å²) in [6.45, 7) is 3.09. The Labute approximate surface area is 186 Å². The molecule has 0 bridgehead atoms. The Morgan fingerprint density at radius 3 is 2.25 bits per heavy atom. The monoisotopic (exact) mass is 446 g/mol. The van der Waals surface area contributed by atoms with Crippen LogP contribution in [0.15, 0.2) is 24.3 Å². The number of ketones is 1. The molecule has 4 amide bonds. The number of benzene rings is 1. The number of carbonyl (C=O) groups excluding carboxylic acids is 5. The average Bonchev–Trinajstić information content (AvgIpc) is 2.68. The van der Waals surface area contributed by atoms with E-state index in [1.54, 1.807) is 24.3 Å². The maximum absolute atomic E-state index is 12.9. The van der Waals surface area contributed by atoms with Crippen LogP contribution in [-0.4, -0.2) is 42.2 Å². The third-order valence-electron chi connectivity index (χ3n) is 5.57. The fourth-order valence-corrected chi connectivity index (χ4v) is 3.45. The van der Waals surface area contributed by atoms with Gasteiger partial charge in [0, 0.05) is 19.2 Å². The van der Waals surface area contributed by atoms with Crippen LogP contribution in [0, 0.1) is 5.41 Å². The number of anilines is 1. The second-order valence-corrected chi connectivity index (χ2v) is 7.92. The highest BCUT2D eigenvalue weighted by molar-refractivity contribution is 6.07. The number of nitrogens with two attached hydrogens (primary N) is 1. The van der Waals surface area contributed by atoms with E-state index in [1.165, 1.54) is 13.8 Å². The molecule has 0 aromatic heterocycles. The van der Waals surface area contributed by atoms with Crippen molar-refractivity contribution >= 4 is 35.3 Å². The smallest absolute Gasteiger partial charge is 0.312 e. The minimum absolute atomic E-state index is 0.127. The Morgan fingerprint density at radius 2 is 1.75 bits per heavy atom. The van der Waals surface area contributed by atoms with Crippen molar-refractivity contribution in [2.75, 3.05) is 11.9 Å². The van der Waals surface area contributed by atoms with Gasteiger partial charge in [-0.05, 0) is 50.3 Å². The number of urea groups is 1. The van der Waals surface area contributed by atoms with Gasteiger partial charge < -0.3 is 26.4 Å². The molecule has 1 aliphatic carbocycles. The van der Waals surface area contributed by atoms with Gasteiger partial charge in [0.05, 0.1) is 0 Å². The van der Waals surface area contributed by atoms with Gasteiger partial charge in [-0.3, -0.25) is 19.2 Å². The highest BCUT2D eigenvalue weighted by Crippen LogP contribution is 2.42. The van der Waals surface area contributed by atoms with Gasteiger partial charge in [0.15, 0.2) is 0 Å². The lowest BCUT2D eigenvalue weighted by molar-refractivity contribution is -0.148. The highest BCUT2D eigenvalue weighted by atomic mass is 16.5. The Bertz CT molecular complexity index is 864. The topological polar surface area (TPSA) is 157 Å². The van der Waals surface area contributed by atoms with Crippen LogP contribution in [0.2, 0.25) is 0 Å². The molecule has 1 atom stereocenters. The number of hydrogen-bond acceptors (Lipinski definition) is 6. The quantitative estimate of drug-likeness (QED) is 0.228. The van der Waals surface area contributed by atoms with Gasteiger partial charge in [0.25, 0.3) is 0 Å². The van der Waals surface area contributed by atoms with Crippen LogP contribution in [0.4, 0.5) is 10.5 Å². The molecule has 32 heavy (non-hydrogen) atoms. The zero-order valence-corrected chi connectivity index (χ0v) is 18.4. The molecular formula is C22H30N4O6. The normalized spacial score (nSPS) is 14.9. The van der Waals surface area contributed by atoms with E-state index in [1.807, 2.05) is 0 Å². The first-order chi connectivity index (χ1) is 15.1. The van der Waals surface area contributed by atoms with E-state index >= 15 is 0 Å². The van der Waals surface area contributed by atoms with Crippen molar-refractivity contribution in [3.8, 4) is 0 Å². The van der Waals surface area contributed by atoms with Crippen LogP contribution < -0.4 is 21.7 Å². The van der Waals surface area contributed by atoms with E-state index in [2.05, 4.69) is 16.0 Å². The molecule has 1 aromatic carbocycles. The molecule has 0 aliphatic heterocycles. The molecule has 2 rings (SSSR count). The van der Waals surface area contributed by atoms with Crippen LogP contribution in [0.3, 0.4) is 0 Å². The molecule has 1 fully saturated rings. The van der Waals surface area contributed by atoms with E-state index in [4.69, 9.17) is 10.5 Å². The number of amides is 4. The van der Waals surface area contributed by atoms with Crippen molar-refractivity contribution in [2.24, 2.45) is 11.1 Å². The SMILES string of the molecule is CC(=O)OCc1ccc(NC(=O)[C@H](CCCNC(N)=O)NC(=O)C2(C(C)=O)CCC2)cc1. The number of nitrogens with one attached hydrogen (secondary N) is 3.